The normalized spacial score (nSPS) is 14.0. The fourth-order valence-electron chi connectivity index (χ4n) is 4.36. The Hall–Kier alpha value is -3.54. The van der Waals surface area contributed by atoms with Crippen LogP contribution in [0, 0.1) is 20.8 Å². The molecule has 3 aromatic rings. The lowest BCUT2D eigenvalue weighted by atomic mass is 10.1. The highest BCUT2D eigenvalue weighted by atomic mass is 16.5. The van der Waals surface area contributed by atoms with Gasteiger partial charge in [-0.25, -0.2) is 9.98 Å². The molecule has 33 heavy (non-hydrogen) atoms. The summed E-state index contributed by atoms with van der Waals surface area (Å²) in [5.41, 5.74) is 7.24. The third kappa shape index (κ3) is 4.65. The van der Waals surface area contributed by atoms with Crippen LogP contribution in [0.25, 0.3) is 11.3 Å². The number of benzene rings is 2. The molecular formula is C27H32N4O2. The maximum absolute atomic E-state index is 5.54. The molecule has 1 aliphatic heterocycles. The van der Waals surface area contributed by atoms with E-state index in [0.717, 1.165) is 47.9 Å². The van der Waals surface area contributed by atoms with Crippen LogP contribution in [0.1, 0.15) is 23.1 Å². The molecule has 0 N–H and O–H groups in total. The van der Waals surface area contributed by atoms with E-state index in [1.54, 1.807) is 14.2 Å². The summed E-state index contributed by atoms with van der Waals surface area (Å²) < 4.78 is 13.0. The summed E-state index contributed by atoms with van der Waals surface area (Å²) in [7, 11) is 5.33. The average molecular weight is 445 g/mol. The zero-order valence-corrected chi connectivity index (χ0v) is 20.3. The molecule has 0 amide bonds. The predicted molar refractivity (Wildman–Crippen MR) is 134 cm³/mol. The Bertz CT molecular complexity index is 1250. The monoisotopic (exact) mass is 444 g/mol. The third-order valence-electron chi connectivity index (χ3n) is 6.01. The van der Waals surface area contributed by atoms with Gasteiger partial charge in [0.1, 0.15) is 5.49 Å². The predicted octanol–water partition coefficient (Wildman–Crippen LogP) is 5.03. The minimum Gasteiger partial charge on any atom is -0.493 e. The Morgan fingerprint density at radius 3 is 2.27 bits per heavy atom. The summed E-state index contributed by atoms with van der Waals surface area (Å²) in [6.07, 6.45) is 5.42. The number of aryl methyl sites for hydroxylation is 3. The van der Waals surface area contributed by atoms with Gasteiger partial charge >= 0.3 is 0 Å². The van der Waals surface area contributed by atoms with E-state index in [-0.39, 0.29) is 0 Å². The van der Waals surface area contributed by atoms with Crippen molar-refractivity contribution in [2.24, 2.45) is 12.0 Å². The van der Waals surface area contributed by atoms with Crippen molar-refractivity contribution < 1.29 is 9.47 Å². The first-order valence-electron chi connectivity index (χ1n) is 11.2. The first-order chi connectivity index (χ1) is 15.9. The molecule has 6 nitrogen and oxygen atoms in total. The Morgan fingerprint density at radius 2 is 1.64 bits per heavy atom. The van der Waals surface area contributed by atoms with Gasteiger partial charge in [0.25, 0.3) is 0 Å². The molecular weight excluding hydrogens is 412 g/mol. The lowest BCUT2D eigenvalue weighted by molar-refractivity contribution is 0.355. The number of hydrogen-bond donors (Lipinski definition) is 0. The van der Waals surface area contributed by atoms with E-state index in [0.29, 0.717) is 11.5 Å². The second kappa shape index (κ2) is 9.53. The van der Waals surface area contributed by atoms with E-state index >= 15 is 0 Å². The second-order valence-corrected chi connectivity index (χ2v) is 8.49. The second-order valence-electron chi connectivity index (χ2n) is 8.49. The summed E-state index contributed by atoms with van der Waals surface area (Å²) in [4.78, 5) is 12.5. The van der Waals surface area contributed by atoms with E-state index in [1.165, 1.54) is 16.7 Å². The van der Waals surface area contributed by atoms with Gasteiger partial charge in [0, 0.05) is 31.8 Å². The molecule has 0 saturated heterocycles. The molecule has 0 bridgehead atoms. The fourth-order valence-corrected chi connectivity index (χ4v) is 4.36. The van der Waals surface area contributed by atoms with Crippen LogP contribution in [0.3, 0.4) is 0 Å². The highest BCUT2D eigenvalue weighted by molar-refractivity contribution is 5.65. The van der Waals surface area contributed by atoms with Gasteiger partial charge in [-0.15, -0.1) is 0 Å². The van der Waals surface area contributed by atoms with Crippen LogP contribution in [0.15, 0.2) is 53.5 Å². The minimum absolute atomic E-state index is 0.677. The van der Waals surface area contributed by atoms with Crippen molar-refractivity contribution in [2.45, 2.75) is 27.2 Å². The molecule has 1 aliphatic rings. The Balaban J connectivity index is 1.95. The highest BCUT2D eigenvalue weighted by Crippen LogP contribution is 2.32. The van der Waals surface area contributed by atoms with Crippen molar-refractivity contribution in [3.63, 3.8) is 0 Å². The van der Waals surface area contributed by atoms with Crippen LogP contribution >= 0.6 is 0 Å². The number of ether oxygens (including phenoxy) is 2. The summed E-state index contributed by atoms with van der Waals surface area (Å²) in [5.74, 6) is 2.27. The summed E-state index contributed by atoms with van der Waals surface area (Å²) in [6.45, 7) is 8.11. The van der Waals surface area contributed by atoms with Crippen LogP contribution in [-0.4, -0.2) is 36.9 Å². The van der Waals surface area contributed by atoms with E-state index in [4.69, 9.17) is 19.5 Å². The van der Waals surface area contributed by atoms with E-state index in [9.17, 15) is 0 Å². The molecule has 2 heterocycles. The van der Waals surface area contributed by atoms with Gasteiger partial charge in [0.05, 0.1) is 25.6 Å². The molecule has 0 saturated carbocycles. The lowest BCUT2D eigenvalue weighted by Crippen LogP contribution is -2.34. The van der Waals surface area contributed by atoms with Gasteiger partial charge in [-0.05, 0) is 56.5 Å². The molecule has 0 radical (unpaired) electrons. The van der Waals surface area contributed by atoms with Crippen molar-refractivity contribution in [3.8, 4) is 22.8 Å². The highest BCUT2D eigenvalue weighted by Gasteiger charge is 2.16. The largest absolute Gasteiger partial charge is 0.493 e. The minimum atomic E-state index is 0.677. The topological polar surface area (TPSA) is 51.9 Å². The van der Waals surface area contributed by atoms with Gasteiger partial charge in [-0.1, -0.05) is 29.8 Å². The fraction of sp³-hybridized carbons (Fsp3) is 0.333. The van der Waals surface area contributed by atoms with Crippen LogP contribution in [0.4, 0.5) is 11.6 Å². The van der Waals surface area contributed by atoms with Crippen LogP contribution in [0.2, 0.25) is 0 Å². The molecule has 0 aliphatic carbocycles. The smallest absolute Gasteiger partial charge is 0.207 e. The molecule has 2 aromatic carbocycles. The van der Waals surface area contributed by atoms with Crippen molar-refractivity contribution >= 4 is 11.6 Å². The van der Waals surface area contributed by atoms with Crippen molar-refractivity contribution in [2.75, 3.05) is 32.2 Å². The number of hydrogen-bond acceptors (Lipinski definition) is 5. The van der Waals surface area contributed by atoms with E-state index in [2.05, 4.69) is 54.5 Å². The standard InChI is InChI=1S/C27H32N4O2/c1-18-14-19(2)26(20(3)15-18)29-25-17-22(21-10-11-23(32-5)24(16-21)33-6)28-27(30(25)4)31-12-8-7-9-13-31/h7-8,10-11,14-17H,9,12-13H2,1-6H3. The number of rotatable bonds is 5. The number of methoxy groups -OCH3 is 2. The van der Waals surface area contributed by atoms with Gasteiger partial charge in [0.15, 0.2) is 11.5 Å². The maximum atomic E-state index is 5.54. The summed E-state index contributed by atoms with van der Waals surface area (Å²) in [5, 5.41) is 0. The molecule has 1 aromatic heterocycles. The Morgan fingerprint density at radius 1 is 0.909 bits per heavy atom. The Kier molecular flexibility index (Phi) is 6.54. The van der Waals surface area contributed by atoms with Gasteiger partial charge < -0.3 is 14.4 Å². The SMILES string of the molecule is COc1ccc(-c2cc(=Nc3c(C)cc(C)cc3C)n(C)c(N3CC=CCC3)n2)cc1OC. The average Bonchev–Trinajstić information content (AvgIpc) is 2.82. The number of anilines is 1. The molecule has 4 rings (SSSR count). The molecule has 0 unspecified atom stereocenters. The van der Waals surface area contributed by atoms with E-state index < -0.39 is 0 Å². The van der Waals surface area contributed by atoms with Crippen molar-refractivity contribution in [3.05, 3.63) is 70.7 Å². The molecule has 6 heteroatoms. The first kappa shape index (κ1) is 22.6. The zero-order valence-electron chi connectivity index (χ0n) is 20.3. The molecule has 0 fully saturated rings. The maximum Gasteiger partial charge on any atom is 0.207 e. The van der Waals surface area contributed by atoms with Crippen LogP contribution < -0.4 is 19.9 Å². The number of aromatic nitrogens is 2. The van der Waals surface area contributed by atoms with Gasteiger partial charge in [0.2, 0.25) is 5.95 Å². The van der Waals surface area contributed by atoms with Gasteiger partial charge in [-0.3, -0.25) is 4.57 Å². The summed E-state index contributed by atoms with van der Waals surface area (Å²) >= 11 is 0. The lowest BCUT2D eigenvalue weighted by Gasteiger charge is -2.27. The third-order valence-corrected chi connectivity index (χ3v) is 6.01. The number of nitrogens with zero attached hydrogens (tertiary/aromatic N) is 4. The van der Waals surface area contributed by atoms with Gasteiger partial charge in [-0.2, -0.15) is 0 Å². The molecule has 172 valence electrons. The zero-order chi connectivity index (χ0) is 23.5. The molecule has 0 atom stereocenters. The first-order valence-corrected chi connectivity index (χ1v) is 11.2. The Labute approximate surface area is 195 Å². The van der Waals surface area contributed by atoms with Crippen LogP contribution in [0.5, 0.6) is 11.5 Å². The quantitative estimate of drug-likeness (QED) is 0.518. The van der Waals surface area contributed by atoms with Crippen molar-refractivity contribution in [1.29, 1.82) is 0 Å². The van der Waals surface area contributed by atoms with Crippen molar-refractivity contribution in [1.82, 2.24) is 9.55 Å². The summed E-state index contributed by atoms with van der Waals surface area (Å²) in [6, 6.07) is 12.3. The van der Waals surface area contributed by atoms with E-state index in [1.807, 2.05) is 31.3 Å². The van der Waals surface area contributed by atoms with Crippen LogP contribution in [-0.2, 0) is 7.05 Å². The molecule has 0 spiro atoms.